The van der Waals surface area contributed by atoms with Crippen LogP contribution in [0.1, 0.15) is 16.1 Å². The molecule has 0 aliphatic rings. The van der Waals surface area contributed by atoms with Crippen molar-refractivity contribution in [3.8, 4) is 17.1 Å². The Morgan fingerprint density at radius 3 is 2.81 bits per heavy atom. The van der Waals surface area contributed by atoms with E-state index in [1.54, 1.807) is 43.5 Å². The SMILES string of the molecule is COc1ccc(-c2ccc(/C=N\NC(=O)c3cccc(I)c3)o2)cc1Cl. The molecule has 0 aliphatic heterocycles. The van der Waals surface area contributed by atoms with Crippen LogP contribution < -0.4 is 10.2 Å². The highest BCUT2D eigenvalue weighted by molar-refractivity contribution is 14.1. The smallest absolute Gasteiger partial charge is 0.271 e. The average molecular weight is 481 g/mol. The second kappa shape index (κ2) is 8.37. The highest BCUT2D eigenvalue weighted by Crippen LogP contribution is 2.30. The van der Waals surface area contributed by atoms with E-state index in [0.717, 1.165) is 9.13 Å². The molecule has 1 heterocycles. The number of ether oxygens (including phenoxy) is 1. The van der Waals surface area contributed by atoms with Crippen molar-refractivity contribution in [2.24, 2.45) is 5.10 Å². The molecular weight excluding hydrogens is 467 g/mol. The minimum Gasteiger partial charge on any atom is -0.495 e. The molecule has 1 aromatic heterocycles. The Labute approximate surface area is 169 Å². The number of hydrazone groups is 1. The van der Waals surface area contributed by atoms with Gasteiger partial charge in [0.1, 0.15) is 17.3 Å². The van der Waals surface area contributed by atoms with Crippen molar-refractivity contribution in [2.45, 2.75) is 0 Å². The van der Waals surface area contributed by atoms with Crippen LogP contribution in [-0.2, 0) is 0 Å². The molecule has 0 saturated heterocycles. The lowest BCUT2D eigenvalue weighted by molar-refractivity contribution is 0.0955. The molecule has 0 bridgehead atoms. The van der Waals surface area contributed by atoms with Crippen LogP contribution in [0.15, 0.2) is 64.1 Å². The minimum absolute atomic E-state index is 0.284. The molecule has 3 rings (SSSR count). The van der Waals surface area contributed by atoms with E-state index in [1.807, 2.05) is 18.2 Å². The summed E-state index contributed by atoms with van der Waals surface area (Å²) in [4.78, 5) is 12.0. The zero-order valence-corrected chi connectivity index (χ0v) is 16.6. The van der Waals surface area contributed by atoms with Gasteiger partial charge in [-0.3, -0.25) is 4.79 Å². The normalized spacial score (nSPS) is 10.9. The summed E-state index contributed by atoms with van der Waals surface area (Å²) in [5.41, 5.74) is 3.84. The molecule has 0 unspecified atom stereocenters. The Bertz CT molecular complexity index is 969. The summed E-state index contributed by atoms with van der Waals surface area (Å²) in [6.07, 6.45) is 1.44. The molecule has 0 atom stereocenters. The fourth-order valence-corrected chi connectivity index (χ4v) is 3.05. The van der Waals surface area contributed by atoms with Gasteiger partial charge in [0, 0.05) is 14.7 Å². The van der Waals surface area contributed by atoms with Gasteiger partial charge in [0.25, 0.3) is 5.91 Å². The third-order valence-corrected chi connectivity index (χ3v) is 4.47. The molecule has 132 valence electrons. The van der Waals surface area contributed by atoms with E-state index in [-0.39, 0.29) is 5.91 Å². The van der Waals surface area contributed by atoms with Gasteiger partial charge in [-0.05, 0) is 71.1 Å². The third kappa shape index (κ3) is 4.44. The van der Waals surface area contributed by atoms with Crippen LogP contribution in [0.4, 0.5) is 0 Å². The summed E-state index contributed by atoms with van der Waals surface area (Å²) < 4.78 is 11.8. The second-order valence-corrected chi connectivity index (χ2v) is 6.91. The van der Waals surface area contributed by atoms with Gasteiger partial charge in [0.15, 0.2) is 0 Å². The Kier molecular flexibility index (Phi) is 5.95. The molecule has 0 radical (unpaired) electrons. The van der Waals surface area contributed by atoms with Crippen molar-refractivity contribution < 1.29 is 13.9 Å². The molecule has 2 aromatic carbocycles. The summed E-state index contributed by atoms with van der Waals surface area (Å²) in [6.45, 7) is 0. The van der Waals surface area contributed by atoms with Crippen molar-refractivity contribution in [1.29, 1.82) is 0 Å². The van der Waals surface area contributed by atoms with Crippen molar-refractivity contribution >= 4 is 46.3 Å². The number of halogens is 2. The Morgan fingerprint density at radius 2 is 2.08 bits per heavy atom. The third-order valence-electron chi connectivity index (χ3n) is 3.51. The number of carbonyl (C=O) groups excluding carboxylic acids is 1. The first-order chi connectivity index (χ1) is 12.6. The van der Waals surface area contributed by atoms with E-state index >= 15 is 0 Å². The summed E-state index contributed by atoms with van der Waals surface area (Å²) >= 11 is 8.28. The number of benzene rings is 2. The van der Waals surface area contributed by atoms with Gasteiger partial charge < -0.3 is 9.15 Å². The van der Waals surface area contributed by atoms with E-state index in [0.29, 0.717) is 27.9 Å². The second-order valence-electron chi connectivity index (χ2n) is 5.26. The molecule has 5 nitrogen and oxygen atoms in total. The van der Waals surface area contributed by atoms with Crippen LogP contribution >= 0.6 is 34.2 Å². The predicted octanol–water partition coefficient (Wildman–Crippen LogP) is 4.98. The van der Waals surface area contributed by atoms with Crippen molar-refractivity contribution in [3.63, 3.8) is 0 Å². The number of nitrogens with one attached hydrogen (secondary N) is 1. The summed E-state index contributed by atoms with van der Waals surface area (Å²) in [5, 5.41) is 4.43. The van der Waals surface area contributed by atoms with E-state index in [4.69, 9.17) is 20.8 Å². The number of carbonyl (C=O) groups is 1. The molecule has 1 amide bonds. The molecule has 3 aromatic rings. The predicted molar refractivity (Wildman–Crippen MR) is 110 cm³/mol. The van der Waals surface area contributed by atoms with Gasteiger partial charge in [-0.15, -0.1) is 0 Å². The van der Waals surface area contributed by atoms with Crippen molar-refractivity contribution in [2.75, 3.05) is 7.11 Å². The Morgan fingerprint density at radius 1 is 1.23 bits per heavy atom. The molecule has 1 N–H and O–H groups in total. The molecule has 0 saturated carbocycles. The zero-order valence-electron chi connectivity index (χ0n) is 13.7. The van der Waals surface area contributed by atoms with Gasteiger partial charge in [-0.25, -0.2) is 5.43 Å². The topological polar surface area (TPSA) is 63.8 Å². The Balaban J connectivity index is 1.67. The van der Waals surface area contributed by atoms with E-state index in [2.05, 4.69) is 33.1 Å². The summed E-state index contributed by atoms with van der Waals surface area (Å²) in [6, 6.07) is 16.2. The van der Waals surface area contributed by atoms with Gasteiger partial charge in [0.2, 0.25) is 0 Å². The number of hydrogen-bond donors (Lipinski definition) is 1. The van der Waals surface area contributed by atoms with Crippen LogP contribution in [0.3, 0.4) is 0 Å². The molecular formula is C19H14ClIN2O3. The molecule has 0 spiro atoms. The lowest BCUT2D eigenvalue weighted by Gasteiger charge is -2.04. The first kappa shape index (κ1) is 18.5. The number of furan rings is 1. The highest BCUT2D eigenvalue weighted by atomic mass is 127. The zero-order chi connectivity index (χ0) is 18.5. The monoisotopic (exact) mass is 480 g/mol. The number of nitrogens with zero attached hydrogens (tertiary/aromatic N) is 1. The molecule has 26 heavy (non-hydrogen) atoms. The first-order valence-electron chi connectivity index (χ1n) is 7.59. The van der Waals surface area contributed by atoms with Crippen molar-refractivity contribution in [1.82, 2.24) is 5.43 Å². The minimum atomic E-state index is -0.284. The maximum Gasteiger partial charge on any atom is 0.271 e. The molecule has 7 heteroatoms. The standard InChI is InChI=1S/C19H14ClIN2O3/c1-25-18-7-5-12(10-16(18)20)17-8-6-15(26-17)11-22-23-19(24)13-3-2-4-14(21)9-13/h2-11H,1H3,(H,23,24)/b22-11-. The van der Waals surface area contributed by atoms with Crippen LogP contribution in [-0.4, -0.2) is 19.2 Å². The summed E-state index contributed by atoms with van der Waals surface area (Å²) in [5.74, 6) is 1.46. The highest BCUT2D eigenvalue weighted by Gasteiger charge is 2.08. The van der Waals surface area contributed by atoms with Crippen LogP contribution in [0.2, 0.25) is 5.02 Å². The fourth-order valence-electron chi connectivity index (χ4n) is 2.25. The van der Waals surface area contributed by atoms with Gasteiger partial charge in [-0.2, -0.15) is 5.10 Å². The number of amides is 1. The lowest BCUT2D eigenvalue weighted by Crippen LogP contribution is -2.17. The maximum atomic E-state index is 12.0. The van der Waals surface area contributed by atoms with E-state index < -0.39 is 0 Å². The molecule has 0 fully saturated rings. The molecule has 0 aliphatic carbocycles. The van der Waals surface area contributed by atoms with Gasteiger partial charge in [-0.1, -0.05) is 17.7 Å². The van der Waals surface area contributed by atoms with Crippen molar-refractivity contribution in [3.05, 3.63) is 74.5 Å². The van der Waals surface area contributed by atoms with Crippen LogP contribution in [0.25, 0.3) is 11.3 Å². The van der Waals surface area contributed by atoms with E-state index in [9.17, 15) is 4.79 Å². The van der Waals surface area contributed by atoms with Crippen LogP contribution in [0.5, 0.6) is 5.75 Å². The largest absolute Gasteiger partial charge is 0.495 e. The lowest BCUT2D eigenvalue weighted by atomic mass is 10.2. The van der Waals surface area contributed by atoms with Crippen LogP contribution in [0, 0.1) is 3.57 Å². The van der Waals surface area contributed by atoms with E-state index in [1.165, 1.54) is 6.21 Å². The quantitative estimate of drug-likeness (QED) is 0.318. The summed E-state index contributed by atoms with van der Waals surface area (Å²) in [7, 11) is 1.56. The average Bonchev–Trinajstić information content (AvgIpc) is 3.10. The number of rotatable bonds is 5. The number of methoxy groups -OCH3 is 1. The van der Waals surface area contributed by atoms with Gasteiger partial charge >= 0.3 is 0 Å². The maximum absolute atomic E-state index is 12.0. The Hall–Kier alpha value is -2.32. The first-order valence-corrected chi connectivity index (χ1v) is 9.05. The fraction of sp³-hybridized carbons (Fsp3) is 0.0526. The van der Waals surface area contributed by atoms with Gasteiger partial charge in [0.05, 0.1) is 18.3 Å². The number of hydrogen-bond acceptors (Lipinski definition) is 4.